The van der Waals surface area contributed by atoms with Crippen LogP contribution in [0.1, 0.15) is 10.7 Å². The molecule has 0 spiro atoms. The van der Waals surface area contributed by atoms with Crippen molar-refractivity contribution < 1.29 is 0 Å². The van der Waals surface area contributed by atoms with Gasteiger partial charge in [0.2, 0.25) is 0 Å². The molecular weight excluding hydrogens is 294 g/mol. The van der Waals surface area contributed by atoms with E-state index >= 15 is 0 Å². The van der Waals surface area contributed by atoms with Gasteiger partial charge in [-0.1, -0.05) is 16.1 Å². The summed E-state index contributed by atoms with van der Waals surface area (Å²) in [6.07, 6.45) is 4.22. The van der Waals surface area contributed by atoms with Crippen LogP contribution < -0.4 is 0 Å². The fraction of sp³-hybridized carbons (Fsp3) is 0.0769. The standard InChI is InChI=1S/C13H8ClN5S/c14-7-1-2-10-9(3-7)13-11(6-15-10)17-12(18-13)4-8-5-16-19-20-8/h1-3,5-6H,4H2,(H,17,18). The Balaban J connectivity index is 1.89. The molecule has 0 bridgehead atoms. The number of fused-ring (bicyclic) bond motifs is 3. The summed E-state index contributed by atoms with van der Waals surface area (Å²) in [5.74, 6) is 0.875. The van der Waals surface area contributed by atoms with Gasteiger partial charge in [-0.15, -0.1) is 5.10 Å². The van der Waals surface area contributed by atoms with E-state index in [2.05, 4.69) is 24.5 Å². The van der Waals surface area contributed by atoms with E-state index in [4.69, 9.17) is 11.6 Å². The first kappa shape index (κ1) is 11.7. The molecule has 0 aliphatic rings. The predicted octanol–water partition coefficient (Wildman–Crippen LogP) is 3.21. The summed E-state index contributed by atoms with van der Waals surface area (Å²) in [6, 6.07) is 5.65. The molecule has 0 radical (unpaired) electrons. The van der Waals surface area contributed by atoms with Gasteiger partial charge in [-0.3, -0.25) is 4.98 Å². The van der Waals surface area contributed by atoms with E-state index in [1.165, 1.54) is 11.5 Å². The second kappa shape index (κ2) is 4.50. The summed E-state index contributed by atoms with van der Waals surface area (Å²) in [4.78, 5) is 13.4. The molecule has 5 nitrogen and oxygen atoms in total. The highest BCUT2D eigenvalue weighted by Gasteiger charge is 2.09. The molecule has 3 aromatic heterocycles. The maximum absolute atomic E-state index is 6.06. The zero-order valence-electron chi connectivity index (χ0n) is 10.2. The Morgan fingerprint density at radius 2 is 2.15 bits per heavy atom. The molecule has 1 aromatic carbocycles. The monoisotopic (exact) mass is 301 g/mol. The molecule has 0 amide bonds. The van der Waals surface area contributed by atoms with Crippen LogP contribution in [0.15, 0.2) is 30.6 Å². The Morgan fingerprint density at radius 1 is 1.20 bits per heavy atom. The molecule has 0 fully saturated rings. The van der Waals surface area contributed by atoms with E-state index < -0.39 is 0 Å². The number of H-pyrrole nitrogens is 1. The molecule has 7 heteroatoms. The zero-order chi connectivity index (χ0) is 13.5. The Hall–Kier alpha value is -2.05. The van der Waals surface area contributed by atoms with Crippen LogP contribution in [0.4, 0.5) is 0 Å². The van der Waals surface area contributed by atoms with Crippen molar-refractivity contribution in [1.29, 1.82) is 0 Å². The highest BCUT2D eigenvalue weighted by Crippen LogP contribution is 2.25. The largest absolute Gasteiger partial charge is 0.341 e. The van der Waals surface area contributed by atoms with Crippen molar-refractivity contribution in [3.8, 4) is 0 Å². The predicted molar refractivity (Wildman–Crippen MR) is 79.1 cm³/mol. The molecule has 98 valence electrons. The minimum Gasteiger partial charge on any atom is -0.341 e. The van der Waals surface area contributed by atoms with Gasteiger partial charge >= 0.3 is 0 Å². The number of hydrogen-bond donors (Lipinski definition) is 1. The first-order chi connectivity index (χ1) is 9.79. The fourth-order valence-corrected chi connectivity index (χ4v) is 2.87. The second-order valence-electron chi connectivity index (χ2n) is 4.42. The third kappa shape index (κ3) is 1.93. The lowest BCUT2D eigenvalue weighted by molar-refractivity contribution is 1.05. The Morgan fingerprint density at radius 3 is 3.00 bits per heavy atom. The van der Waals surface area contributed by atoms with Gasteiger partial charge in [-0.05, 0) is 29.7 Å². The molecule has 4 rings (SSSR count). The smallest absolute Gasteiger partial charge is 0.112 e. The zero-order valence-corrected chi connectivity index (χ0v) is 11.7. The van der Waals surface area contributed by atoms with Crippen LogP contribution in [0.3, 0.4) is 0 Å². The van der Waals surface area contributed by atoms with Crippen LogP contribution >= 0.6 is 23.1 Å². The lowest BCUT2D eigenvalue weighted by atomic mass is 10.2. The summed E-state index contributed by atoms with van der Waals surface area (Å²) in [7, 11) is 0. The third-order valence-electron chi connectivity index (χ3n) is 3.08. The number of aromatic amines is 1. The minimum atomic E-state index is 0.689. The highest BCUT2D eigenvalue weighted by molar-refractivity contribution is 7.05. The van der Waals surface area contributed by atoms with E-state index in [9.17, 15) is 0 Å². The van der Waals surface area contributed by atoms with Crippen molar-refractivity contribution in [3.05, 3.63) is 46.3 Å². The van der Waals surface area contributed by atoms with E-state index in [0.29, 0.717) is 11.4 Å². The van der Waals surface area contributed by atoms with Gasteiger partial charge < -0.3 is 4.98 Å². The molecular formula is C13H8ClN5S. The summed E-state index contributed by atoms with van der Waals surface area (Å²) in [5.41, 5.74) is 2.70. The van der Waals surface area contributed by atoms with E-state index in [0.717, 1.165) is 32.6 Å². The van der Waals surface area contributed by atoms with Gasteiger partial charge in [-0.25, -0.2) is 4.98 Å². The normalized spacial score (nSPS) is 11.4. The number of imidazole rings is 1. The number of nitrogens with zero attached hydrogens (tertiary/aromatic N) is 4. The maximum Gasteiger partial charge on any atom is 0.112 e. The first-order valence-electron chi connectivity index (χ1n) is 5.99. The Labute approximate surface area is 122 Å². The number of aromatic nitrogens is 5. The highest BCUT2D eigenvalue weighted by atomic mass is 35.5. The molecule has 3 heterocycles. The minimum absolute atomic E-state index is 0.689. The number of nitrogens with one attached hydrogen (secondary N) is 1. The second-order valence-corrected chi connectivity index (χ2v) is 5.73. The van der Waals surface area contributed by atoms with Crippen molar-refractivity contribution >= 4 is 45.1 Å². The Bertz CT molecular complexity index is 900. The number of halogens is 1. The van der Waals surface area contributed by atoms with Crippen LogP contribution in [0.5, 0.6) is 0 Å². The summed E-state index contributed by atoms with van der Waals surface area (Å²) < 4.78 is 3.85. The first-order valence-corrected chi connectivity index (χ1v) is 7.14. The van der Waals surface area contributed by atoms with Crippen molar-refractivity contribution in [1.82, 2.24) is 24.5 Å². The maximum atomic E-state index is 6.06. The number of hydrogen-bond acceptors (Lipinski definition) is 5. The van der Waals surface area contributed by atoms with Crippen LogP contribution in [-0.2, 0) is 6.42 Å². The van der Waals surface area contributed by atoms with Gasteiger partial charge in [0, 0.05) is 16.8 Å². The van der Waals surface area contributed by atoms with Crippen molar-refractivity contribution in [2.45, 2.75) is 6.42 Å². The van der Waals surface area contributed by atoms with Crippen molar-refractivity contribution in [3.63, 3.8) is 0 Å². The molecule has 0 atom stereocenters. The molecule has 20 heavy (non-hydrogen) atoms. The SMILES string of the molecule is Clc1ccc2ncc3nc(Cc4cnns4)[nH]c3c2c1. The molecule has 0 unspecified atom stereocenters. The van der Waals surface area contributed by atoms with Crippen molar-refractivity contribution in [2.24, 2.45) is 0 Å². The van der Waals surface area contributed by atoms with E-state index in [-0.39, 0.29) is 0 Å². The van der Waals surface area contributed by atoms with E-state index in [1.54, 1.807) is 12.4 Å². The number of benzene rings is 1. The van der Waals surface area contributed by atoms with Gasteiger partial charge in [0.25, 0.3) is 0 Å². The Kier molecular flexibility index (Phi) is 2.64. The van der Waals surface area contributed by atoms with Gasteiger partial charge in [0.15, 0.2) is 0 Å². The van der Waals surface area contributed by atoms with Gasteiger partial charge in [-0.2, -0.15) is 0 Å². The average molecular weight is 302 g/mol. The van der Waals surface area contributed by atoms with E-state index in [1.807, 2.05) is 18.2 Å². The molecule has 0 aliphatic carbocycles. The molecule has 4 aromatic rings. The van der Waals surface area contributed by atoms with Crippen LogP contribution in [0.2, 0.25) is 5.02 Å². The third-order valence-corrected chi connectivity index (χ3v) is 3.98. The van der Waals surface area contributed by atoms with Crippen LogP contribution in [-0.4, -0.2) is 24.5 Å². The van der Waals surface area contributed by atoms with Crippen LogP contribution in [0.25, 0.3) is 21.9 Å². The lowest BCUT2D eigenvalue weighted by Crippen LogP contribution is -1.86. The van der Waals surface area contributed by atoms with Crippen LogP contribution in [0, 0.1) is 0 Å². The average Bonchev–Trinajstić information content (AvgIpc) is 3.08. The molecule has 0 saturated heterocycles. The number of rotatable bonds is 2. The topological polar surface area (TPSA) is 67.3 Å². The van der Waals surface area contributed by atoms with Gasteiger partial charge in [0.1, 0.15) is 11.3 Å². The molecule has 0 saturated carbocycles. The number of pyridine rings is 1. The lowest BCUT2D eigenvalue weighted by Gasteiger charge is -1.98. The summed E-state index contributed by atoms with van der Waals surface area (Å²) in [5, 5.41) is 5.50. The molecule has 1 N–H and O–H groups in total. The quantitative estimate of drug-likeness (QED) is 0.617. The summed E-state index contributed by atoms with van der Waals surface area (Å²) in [6.45, 7) is 0. The van der Waals surface area contributed by atoms with Crippen molar-refractivity contribution in [2.75, 3.05) is 0 Å². The van der Waals surface area contributed by atoms with Gasteiger partial charge in [0.05, 0.1) is 28.3 Å². The fourth-order valence-electron chi connectivity index (χ4n) is 2.20. The molecule has 0 aliphatic heterocycles. The summed E-state index contributed by atoms with van der Waals surface area (Å²) >= 11 is 7.44.